The summed E-state index contributed by atoms with van der Waals surface area (Å²) in [6, 6.07) is 7.52. The highest BCUT2D eigenvalue weighted by atomic mass is 32.1. The molecule has 0 aliphatic heterocycles. The van der Waals surface area contributed by atoms with E-state index in [1.165, 1.54) is 11.3 Å². The molecule has 0 unspecified atom stereocenters. The van der Waals surface area contributed by atoms with Gasteiger partial charge < -0.3 is 11.1 Å². The molecule has 5 nitrogen and oxygen atoms in total. The summed E-state index contributed by atoms with van der Waals surface area (Å²) < 4.78 is 0. The van der Waals surface area contributed by atoms with E-state index in [9.17, 15) is 4.79 Å². The van der Waals surface area contributed by atoms with Crippen LogP contribution >= 0.6 is 11.3 Å². The molecule has 1 amide bonds. The standard InChI is InChI=1S/C13H10N4OS/c14-13-17-11(7-19-13)12(18)16-10-3-1-2-8-6-15-5-4-9(8)10/h1-7H,(H2,14,17)(H,16,18). The van der Waals surface area contributed by atoms with Gasteiger partial charge in [0.25, 0.3) is 5.91 Å². The zero-order valence-corrected chi connectivity index (χ0v) is 10.6. The number of nitrogens with one attached hydrogen (secondary N) is 1. The number of fused-ring (bicyclic) bond motifs is 1. The van der Waals surface area contributed by atoms with Crippen LogP contribution in [-0.4, -0.2) is 15.9 Å². The van der Waals surface area contributed by atoms with Gasteiger partial charge in [-0.15, -0.1) is 11.3 Å². The molecular formula is C13H10N4OS. The van der Waals surface area contributed by atoms with E-state index in [1.54, 1.807) is 17.8 Å². The van der Waals surface area contributed by atoms with Crippen LogP contribution in [0.2, 0.25) is 0 Å². The number of aromatic nitrogens is 2. The van der Waals surface area contributed by atoms with Gasteiger partial charge in [0.2, 0.25) is 0 Å². The van der Waals surface area contributed by atoms with E-state index < -0.39 is 0 Å². The van der Waals surface area contributed by atoms with Crippen LogP contribution in [0.4, 0.5) is 10.8 Å². The number of benzene rings is 1. The normalized spacial score (nSPS) is 10.5. The number of carbonyl (C=O) groups is 1. The molecule has 3 aromatic rings. The van der Waals surface area contributed by atoms with Gasteiger partial charge in [-0.05, 0) is 12.1 Å². The van der Waals surface area contributed by atoms with E-state index in [0.29, 0.717) is 10.8 Å². The lowest BCUT2D eigenvalue weighted by atomic mass is 10.1. The Morgan fingerprint density at radius 3 is 3.00 bits per heavy atom. The lowest BCUT2D eigenvalue weighted by molar-refractivity contribution is 0.102. The Morgan fingerprint density at radius 1 is 1.32 bits per heavy atom. The molecule has 0 fully saturated rings. The third kappa shape index (κ3) is 2.25. The van der Waals surface area contributed by atoms with Crippen LogP contribution < -0.4 is 11.1 Å². The van der Waals surface area contributed by atoms with Crippen LogP contribution in [0.5, 0.6) is 0 Å². The summed E-state index contributed by atoms with van der Waals surface area (Å²) in [5.41, 5.74) is 6.58. The van der Waals surface area contributed by atoms with E-state index in [0.717, 1.165) is 16.5 Å². The molecule has 0 bridgehead atoms. The first-order chi connectivity index (χ1) is 9.24. The lowest BCUT2D eigenvalue weighted by Crippen LogP contribution is -2.12. The first-order valence-electron chi connectivity index (χ1n) is 5.59. The van der Waals surface area contributed by atoms with Gasteiger partial charge in [-0.3, -0.25) is 9.78 Å². The Bertz CT molecular complexity index is 748. The molecular weight excluding hydrogens is 260 g/mol. The van der Waals surface area contributed by atoms with Gasteiger partial charge in [-0.1, -0.05) is 12.1 Å². The molecule has 0 saturated heterocycles. The highest BCUT2D eigenvalue weighted by molar-refractivity contribution is 7.13. The van der Waals surface area contributed by atoms with Crippen LogP contribution in [0.1, 0.15) is 10.5 Å². The SMILES string of the molecule is Nc1nc(C(=O)Nc2cccc3cnccc23)cs1. The predicted octanol–water partition coefficient (Wildman–Crippen LogP) is 2.53. The minimum atomic E-state index is -0.266. The smallest absolute Gasteiger partial charge is 0.275 e. The third-order valence-corrected chi connectivity index (χ3v) is 3.36. The second kappa shape index (κ2) is 4.66. The molecule has 94 valence electrons. The number of nitrogens with two attached hydrogens (primary N) is 1. The van der Waals surface area contributed by atoms with Gasteiger partial charge in [-0.25, -0.2) is 4.98 Å². The van der Waals surface area contributed by atoms with Crippen LogP contribution in [0.25, 0.3) is 10.8 Å². The summed E-state index contributed by atoms with van der Waals surface area (Å²) in [5.74, 6) is -0.266. The second-order valence-corrected chi connectivity index (χ2v) is 4.82. The zero-order valence-electron chi connectivity index (χ0n) is 9.83. The molecule has 19 heavy (non-hydrogen) atoms. The van der Waals surface area contributed by atoms with Crippen molar-refractivity contribution < 1.29 is 4.79 Å². The summed E-state index contributed by atoms with van der Waals surface area (Å²) in [5, 5.41) is 6.76. The maximum absolute atomic E-state index is 12.0. The van der Waals surface area contributed by atoms with E-state index in [4.69, 9.17) is 5.73 Å². The van der Waals surface area contributed by atoms with E-state index in [1.807, 2.05) is 24.3 Å². The largest absolute Gasteiger partial charge is 0.375 e. The number of pyridine rings is 1. The third-order valence-electron chi connectivity index (χ3n) is 2.68. The first-order valence-corrected chi connectivity index (χ1v) is 6.47. The molecule has 2 aromatic heterocycles. The number of amides is 1. The summed E-state index contributed by atoms with van der Waals surface area (Å²) in [7, 11) is 0. The van der Waals surface area contributed by atoms with Gasteiger partial charge in [0.15, 0.2) is 5.13 Å². The highest BCUT2D eigenvalue weighted by Gasteiger charge is 2.11. The number of nitrogens with zero attached hydrogens (tertiary/aromatic N) is 2. The van der Waals surface area contributed by atoms with Gasteiger partial charge in [0, 0.05) is 34.2 Å². The molecule has 0 atom stereocenters. The number of nitrogen functional groups attached to an aromatic ring is 1. The van der Waals surface area contributed by atoms with Crippen LogP contribution in [0.3, 0.4) is 0 Å². The van der Waals surface area contributed by atoms with E-state index >= 15 is 0 Å². The molecule has 6 heteroatoms. The van der Waals surface area contributed by atoms with Gasteiger partial charge >= 0.3 is 0 Å². The number of hydrogen-bond donors (Lipinski definition) is 2. The molecule has 2 heterocycles. The van der Waals surface area contributed by atoms with Crippen molar-refractivity contribution in [1.29, 1.82) is 0 Å². The fourth-order valence-corrected chi connectivity index (χ4v) is 2.35. The average Bonchev–Trinajstić information content (AvgIpc) is 2.86. The Labute approximate surface area is 113 Å². The molecule has 3 rings (SSSR count). The van der Waals surface area contributed by atoms with Crippen LogP contribution in [0.15, 0.2) is 42.0 Å². The van der Waals surface area contributed by atoms with E-state index in [2.05, 4.69) is 15.3 Å². The molecule has 0 spiro atoms. The summed E-state index contributed by atoms with van der Waals surface area (Å²) >= 11 is 1.24. The molecule has 3 N–H and O–H groups in total. The predicted molar refractivity (Wildman–Crippen MR) is 76.2 cm³/mol. The number of thiazole rings is 1. The number of carbonyl (C=O) groups excluding carboxylic acids is 1. The fourth-order valence-electron chi connectivity index (χ4n) is 1.81. The number of anilines is 2. The van der Waals surface area contributed by atoms with Crippen molar-refractivity contribution in [3.63, 3.8) is 0 Å². The maximum Gasteiger partial charge on any atom is 0.275 e. The summed E-state index contributed by atoms with van der Waals surface area (Å²) in [4.78, 5) is 20.0. The van der Waals surface area contributed by atoms with Gasteiger partial charge in [-0.2, -0.15) is 0 Å². The quantitative estimate of drug-likeness (QED) is 0.749. The van der Waals surface area contributed by atoms with Crippen molar-refractivity contribution in [2.45, 2.75) is 0 Å². The Hall–Kier alpha value is -2.47. The van der Waals surface area contributed by atoms with Crippen molar-refractivity contribution in [2.24, 2.45) is 0 Å². The molecule has 1 aromatic carbocycles. The topological polar surface area (TPSA) is 80.9 Å². The molecule has 0 radical (unpaired) electrons. The minimum Gasteiger partial charge on any atom is -0.375 e. The summed E-state index contributed by atoms with van der Waals surface area (Å²) in [6.45, 7) is 0. The van der Waals surface area contributed by atoms with Gasteiger partial charge in [0.1, 0.15) is 5.69 Å². The van der Waals surface area contributed by atoms with Crippen molar-refractivity contribution in [3.05, 3.63) is 47.7 Å². The van der Waals surface area contributed by atoms with Crippen LogP contribution in [0, 0.1) is 0 Å². The van der Waals surface area contributed by atoms with Gasteiger partial charge in [0.05, 0.1) is 0 Å². The van der Waals surface area contributed by atoms with E-state index in [-0.39, 0.29) is 5.91 Å². The fraction of sp³-hybridized carbons (Fsp3) is 0. The molecule has 0 aliphatic rings. The van der Waals surface area contributed by atoms with Crippen molar-refractivity contribution in [2.75, 3.05) is 11.1 Å². The zero-order chi connectivity index (χ0) is 13.2. The maximum atomic E-state index is 12.0. The number of hydrogen-bond acceptors (Lipinski definition) is 5. The molecule has 0 aliphatic carbocycles. The van der Waals surface area contributed by atoms with Crippen molar-refractivity contribution in [3.8, 4) is 0 Å². The first kappa shape index (κ1) is 11.6. The Balaban J connectivity index is 1.95. The second-order valence-electron chi connectivity index (χ2n) is 3.93. The summed E-state index contributed by atoms with van der Waals surface area (Å²) in [6.07, 6.45) is 3.45. The van der Waals surface area contributed by atoms with Crippen molar-refractivity contribution in [1.82, 2.24) is 9.97 Å². The average molecular weight is 270 g/mol. The lowest BCUT2D eigenvalue weighted by Gasteiger charge is -2.06. The minimum absolute atomic E-state index is 0.266. The van der Waals surface area contributed by atoms with Crippen molar-refractivity contribution >= 4 is 38.8 Å². The number of rotatable bonds is 2. The Morgan fingerprint density at radius 2 is 2.21 bits per heavy atom. The Kier molecular flexibility index (Phi) is 2.85. The highest BCUT2D eigenvalue weighted by Crippen LogP contribution is 2.23. The monoisotopic (exact) mass is 270 g/mol. The molecule has 0 saturated carbocycles. The van der Waals surface area contributed by atoms with Crippen LogP contribution in [-0.2, 0) is 0 Å².